The first-order valence-corrected chi connectivity index (χ1v) is 11.4. The number of halogens is 1. The van der Waals surface area contributed by atoms with Gasteiger partial charge in [0.05, 0.1) is 4.90 Å². The maximum Gasteiger partial charge on any atom is 0.251 e. The van der Waals surface area contributed by atoms with Crippen molar-refractivity contribution in [3.63, 3.8) is 0 Å². The van der Waals surface area contributed by atoms with E-state index < -0.39 is 10.0 Å². The Morgan fingerprint density at radius 2 is 1.96 bits per heavy atom. The molecule has 2 aliphatic rings. The standard InChI is InChI=1S/C20H31N3O3S.ClH/c1-14-9-10-17(27(25,26)23-11-4-3-6-15(23)2)12-18(14)20(24)22-19-8-5-7-16(19)13-21;/h9-10,12,15-16,19H,3-8,11,13,21H2,1-2H3,(H,22,24);1H. The predicted octanol–water partition coefficient (Wildman–Crippen LogP) is 2.84. The minimum absolute atomic E-state index is 0. The van der Waals surface area contributed by atoms with Gasteiger partial charge in [0, 0.05) is 24.2 Å². The minimum atomic E-state index is -3.59. The number of aryl methyl sites for hydroxylation is 1. The minimum Gasteiger partial charge on any atom is -0.349 e. The third-order valence-corrected chi connectivity index (χ3v) is 8.09. The topological polar surface area (TPSA) is 92.5 Å². The van der Waals surface area contributed by atoms with Crippen LogP contribution in [0.4, 0.5) is 0 Å². The first-order valence-electron chi connectivity index (χ1n) is 9.98. The molecule has 3 unspecified atom stereocenters. The van der Waals surface area contributed by atoms with Crippen molar-refractivity contribution in [1.82, 2.24) is 9.62 Å². The summed E-state index contributed by atoms with van der Waals surface area (Å²) in [6.07, 6.45) is 5.83. The molecule has 3 atom stereocenters. The maximum atomic E-state index is 13.1. The Morgan fingerprint density at radius 1 is 1.21 bits per heavy atom. The van der Waals surface area contributed by atoms with E-state index in [9.17, 15) is 13.2 Å². The summed E-state index contributed by atoms with van der Waals surface area (Å²) in [7, 11) is -3.59. The first-order chi connectivity index (χ1) is 12.8. The summed E-state index contributed by atoms with van der Waals surface area (Å²) < 4.78 is 27.8. The molecule has 0 spiro atoms. The zero-order chi connectivity index (χ0) is 19.6. The summed E-state index contributed by atoms with van der Waals surface area (Å²) in [5.41, 5.74) is 7.02. The number of rotatable bonds is 5. The molecular formula is C20H32ClN3O3S. The third kappa shape index (κ3) is 4.70. The Morgan fingerprint density at radius 3 is 2.64 bits per heavy atom. The quantitative estimate of drug-likeness (QED) is 0.752. The number of piperidine rings is 1. The molecule has 1 saturated carbocycles. The molecule has 1 aromatic rings. The molecule has 158 valence electrons. The van der Waals surface area contributed by atoms with E-state index in [-0.39, 0.29) is 35.3 Å². The molecule has 28 heavy (non-hydrogen) atoms. The lowest BCUT2D eigenvalue weighted by Gasteiger charge is -2.32. The summed E-state index contributed by atoms with van der Waals surface area (Å²) in [5.74, 6) is 0.0944. The van der Waals surface area contributed by atoms with Crippen molar-refractivity contribution in [3.8, 4) is 0 Å². The number of carbonyl (C=O) groups is 1. The number of nitrogens with one attached hydrogen (secondary N) is 1. The maximum absolute atomic E-state index is 13.1. The SMILES string of the molecule is Cc1ccc(S(=O)(=O)N2CCCCC2C)cc1C(=O)NC1CCCC1CN.Cl. The lowest BCUT2D eigenvalue weighted by atomic mass is 10.0. The molecule has 3 N–H and O–H groups in total. The highest BCUT2D eigenvalue weighted by atomic mass is 35.5. The van der Waals surface area contributed by atoms with Crippen molar-refractivity contribution in [2.75, 3.05) is 13.1 Å². The average Bonchev–Trinajstić information content (AvgIpc) is 3.09. The number of nitrogens with two attached hydrogens (primary N) is 1. The Kier molecular flexibility index (Phi) is 7.90. The molecule has 2 fully saturated rings. The Hall–Kier alpha value is -1.15. The van der Waals surface area contributed by atoms with Crippen LogP contribution in [0.3, 0.4) is 0 Å². The zero-order valence-corrected chi connectivity index (χ0v) is 18.3. The van der Waals surface area contributed by atoms with Gasteiger partial charge in [0.2, 0.25) is 10.0 Å². The van der Waals surface area contributed by atoms with E-state index in [1.807, 2.05) is 13.8 Å². The van der Waals surface area contributed by atoms with E-state index in [1.54, 1.807) is 16.4 Å². The summed E-state index contributed by atoms with van der Waals surface area (Å²) >= 11 is 0. The highest BCUT2D eigenvalue weighted by Crippen LogP contribution is 2.28. The number of benzene rings is 1. The summed E-state index contributed by atoms with van der Waals surface area (Å²) in [6, 6.07) is 4.94. The van der Waals surface area contributed by atoms with Crippen LogP contribution in [0.2, 0.25) is 0 Å². The van der Waals surface area contributed by atoms with Crippen molar-refractivity contribution >= 4 is 28.3 Å². The van der Waals surface area contributed by atoms with Gasteiger partial charge in [0.15, 0.2) is 0 Å². The van der Waals surface area contributed by atoms with Crippen LogP contribution in [0.5, 0.6) is 0 Å². The van der Waals surface area contributed by atoms with Gasteiger partial charge in [0.1, 0.15) is 0 Å². The van der Waals surface area contributed by atoms with Crippen LogP contribution < -0.4 is 11.1 Å². The highest BCUT2D eigenvalue weighted by molar-refractivity contribution is 7.89. The van der Waals surface area contributed by atoms with Crippen LogP contribution in [-0.4, -0.2) is 43.8 Å². The Labute approximate surface area is 174 Å². The van der Waals surface area contributed by atoms with E-state index in [2.05, 4.69) is 5.32 Å². The van der Waals surface area contributed by atoms with Gasteiger partial charge in [-0.1, -0.05) is 18.9 Å². The molecule has 0 radical (unpaired) electrons. The fraction of sp³-hybridized carbons (Fsp3) is 0.650. The van der Waals surface area contributed by atoms with Crippen LogP contribution in [0, 0.1) is 12.8 Å². The fourth-order valence-electron chi connectivity index (χ4n) is 4.33. The van der Waals surface area contributed by atoms with Crippen molar-refractivity contribution < 1.29 is 13.2 Å². The van der Waals surface area contributed by atoms with Gasteiger partial charge in [-0.2, -0.15) is 4.31 Å². The summed E-state index contributed by atoms with van der Waals surface area (Å²) in [6.45, 7) is 4.89. The summed E-state index contributed by atoms with van der Waals surface area (Å²) in [4.78, 5) is 13.0. The fourth-order valence-corrected chi connectivity index (χ4v) is 6.05. The van der Waals surface area contributed by atoms with Gasteiger partial charge in [-0.15, -0.1) is 12.4 Å². The molecule has 8 heteroatoms. The molecule has 3 rings (SSSR count). The van der Waals surface area contributed by atoms with Crippen molar-refractivity contribution in [1.29, 1.82) is 0 Å². The molecule has 6 nitrogen and oxygen atoms in total. The second-order valence-electron chi connectivity index (χ2n) is 7.94. The van der Waals surface area contributed by atoms with E-state index in [4.69, 9.17) is 5.73 Å². The lowest BCUT2D eigenvalue weighted by Crippen LogP contribution is -2.42. The normalized spacial score (nSPS) is 25.9. The molecule has 0 aromatic heterocycles. The van der Waals surface area contributed by atoms with E-state index in [0.29, 0.717) is 24.6 Å². The predicted molar refractivity (Wildman–Crippen MR) is 113 cm³/mol. The number of hydrogen-bond donors (Lipinski definition) is 2. The average molecular weight is 430 g/mol. The lowest BCUT2D eigenvalue weighted by molar-refractivity contribution is 0.0928. The second kappa shape index (κ2) is 9.57. The zero-order valence-electron chi connectivity index (χ0n) is 16.7. The van der Waals surface area contributed by atoms with Gasteiger partial charge >= 0.3 is 0 Å². The Balaban J connectivity index is 0.00000280. The van der Waals surface area contributed by atoms with Gasteiger partial charge in [0.25, 0.3) is 5.91 Å². The highest BCUT2D eigenvalue weighted by Gasteiger charge is 2.32. The van der Waals surface area contributed by atoms with Gasteiger partial charge in [-0.05, 0) is 69.7 Å². The van der Waals surface area contributed by atoms with Crippen molar-refractivity contribution in [2.24, 2.45) is 11.7 Å². The van der Waals surface area contributed by atoms with Crippen molar-refractivity contribution in [3.05, 3.63) is 29.3 Å². The largest absolute Gasteiger partial charge is 0.349 e. The molecule has 1 heterocycles. The smallest absolute Gasteiger partial charge is 0.251 e. The monoisotopic (exact) mass is 429 g/mol. The molecule has 1 aliphatic heterocycles. The molecule has 1 aromatic carbocycles. The molecular weight excluding hydrogens is 398 g/mol. The number of amides is 1. The van der Waals surface area contributed by atoms with E-state index in [0.717, 1.165) is 44.1 Å². The van der Waals surface area contributed by atoms with Gasteiger partial charge in [-0.3, -0.25) is 4.79 Å². The molecule has 1 aliphatic carbocycles. The first kappa shape index (κ1) is 23.1. The van der Waals surface area contributed by atoms with E-state index >= 15 is 0 Å². The molecule has 1 saturated heterocycles. The van der Waals surface area contributed by atoms with Crippen LogP contribution in [0.1, 0.15) is 61.4 Å². The van der Waals surface area contributed by atoms with Crippen LogP contribution in [0.15, 0.2) is 23.1 Å². The number of hydrogen-bond acceptors (Lipinski definition) is 4. The second-order valence-corrected chi connectivity index (χ2v) is 9.83. The van der Waals surface area contributed by atoms with Crippen LogP contribution in [0.25, 0.3) is 0 Å². The Bertz CT molecular complexity index is 800. The van der Waals surface area contributed by atoms with E-state index in [1.165, 1.54) is 6.07 Å². The van der Waals surface area contributed by atoms with Crippen LogP contribution in [-0.2, 0) is 10.0 Å². The number of sulfonamides is 1. The molecule has 0 bridgehead atoms. The third-order valence-electron chi connectivity index (χ3n) is 6.08. The van der Waals surface area contributed by atoms with Gasteiger partial charge in [-0.25, -0.2) is 8.42 Å². The number of carbonyl (C=O) groups excluding carboxylic acids is 1. The van der Waals surface area contributed by atoms with Crippen molar-refractivity contribution in [2.45, 2.75) is 69.4 Å². The summed E-state index contributed by atoms with van der Waals surface area (Å²) in [5, 5.41) is 3.08. The van der Waals surface area contributed by atoms with Crippen LogP contribution >= 0.6 is 12.4 Å². The van der Waals surface area contributed by atoms with Gasteiger partial charge < -0.3 is 11.1 Å². The molecule has 1 amide bonds. The number of nitrogens with zero attached hydrogens (tertiary/aromatic N) is 1.